The number of aryl methyl sites for hydroxylation is 2. The van der Waals surface area contributed by atoms with Crippen molar-refractivity contribution in [1.29, 1.82) is 0 Å². The van der Waals surface area contributed by atoms with Crippen LogP contribution in [0.4, 0.5) is 0 Å². The zero-order valence-electron chi connectivity index (χ0n) is 32.8. The van der Waals surface area contributed by atoms with Crippen LogP contribution in [-0.2, 0) is 35.3 Å². The van der Waals surface area contributed by atoms with Crippen LogP contribution in [0.3, 0.4) is 0 Å². The fourth-order valence-corrected chi connectivity index (χ4v) is 7.11. The number of esters is 2. The minimum absolute atomic E-state index is 0. The maximum atomic E-state index is 12.8. The van der Waals surface area contributed by atoms with E-state index in [2.05, 4.69) is 62.4 Å². The molecule has 3 aromatic rings. The Balaban J connectivity index is -0.00000248. The number of carbonyl (C=O) groups excluding carboxylic acids is 2. The number of hydrogen-bond donors (Lipinski definition) is 0. The van der Waals surface area contributed by atoms with Crippen LogP contribution in [0.2, 0.25) is 0 Å². The first-order chi connectivity index (χ1) is 24.5. The van der Waals surface area contributed by atoms with E-state index >= 15 is 0 Å². The topological polar surface area (TPSA) is 52.6 Å². The molecule has 4 heteroatoms. The first kappa shape index (κ1) is 54.9. The van der Waals surface area contributed by atoms with Crippen LogP contribution in [0, 0.1) is 23.7 Å². The minimum Gasteiger partial charge on any atom is -0.426 e. The van der Waals surface area contributed by atoms with Crippen molar-refractivity contribution >= 4 is 11.9 Å². The van der Waals surface area contributed by atoms with Gasteiger partial charge in [-0.3, -0.25) is 9.59 Å². The van der Waals surface area contributed by atoms with Gasteiger partial charge in [0.2, 0.25) is 0 Å². The van der Waals surface area contributed by atoms with E-state index in [4.69, 9.17) is 9.47 Å². The zero-order valence-corrected chi connectivity index (χ0v) is 32.8. The highest BCUT2D eigenvalue weighted by Crippen LogP contribution is 2.34. The largest absolute Gasteiger partial charge is 0.426 e. The van der Waals surface area contributed by atoms with E-state index in [0.29, 0.717) is 23.3 Å². The number of carbonyl (C=O) groups is 2. The van der Waals surface area contributed by atoms with Gasteiger partial charge in [-0.1, -0.05) is 146 Å². The van der Waals surface area contributed by atoms with E-state index < -0.39 is 0 Å². The third-order valence-electron chi connectivity index (χ3n) is 9.79. The molecular formula is C50H84O4. The third-order valence-corrected chi connectivity index (χ3v) is 9.79. The quantitative estimate of drug-likeness (QED) is 0.137. The van der Waals surface area contributed by atoms with Crippen LogP contribution in [0.15, 0.2) is 72.8 Å². The molecule has 2 aliphatic carbocycles. The predicted octanol–water partition coefficient (Wildman–Crippen LogP) is 15.1. The molecule has 0 atom stereocenters. The average Bonchev–Trinajstić information content (AvgIpc) is 3.17. The lowest BCUT2D eigenvalue weighted by Crippen LogP contribution is -2.26. The van der Waals surface area contributed by atoms with Crippen LogP contribution in [0.25, 0.3) is 0 Å². The molecule has 0 unspecified atom stereocenters. The molecule has 2 fully saturated rings. The number of rotatable bonds is 12. The van der Waals surface area contributed by atoms with Crippen LogP contribution in [-0.4, -0.2) is 11.9 Å². The van der Waals surface area contributed by atoms with Crippen molar-refractivity contribution < 1.29 is 19.1 Å². The Hall–Kier alpha value is -3.40. The van der Waals surface area contributed by atoms with E-state index in [0.717, 1.165) is 89.9 Å². The molecular weight excluding hydrogens is 665 g/mol. The summed E-state index contributed by atoms with van der Waals surface area (Å²) >= 11 is 0. The Kier molecular flexibility index (Phi) is 32.5. The van der Waals surface area contributed by atoms with Crippen molar-refractivity contribution in [3.05, 3.63) is 95.1 Å². The first-order valence-electron chi connectivity index (χ1n) is 20.2. The van der Waals surface area contributed by atoms with Gasteiger partial charge in [0.1, 0.15) is 11.5 Å². The van der Waals surface area contributed by atoms with Gasteiger partial charge >= 0.3 is 11.9 Å². The number of ether oxygens (including phenoxy) is 2. The van der Waals surface area contributed by atoms with E-state index in [1.807, 2.05) is 65.8 Å². The molecule has 0 aliphatic heterocycles. The lowest BCUT2D eigenvalue weighted by atomic mass is 9.78. The molecule has 54 heavy (non-hydrogen) atoms. The normalized spacial score (nSPS) is 18.1. The summed E-state index contributed by atoms with van der Waals surface area (Å²) in [5.41, 5.74) is 5.35. The van der Waals surface area contributed by atoms with Crippen molar-refractivity contribution in [1.82, 2.24) is 0 Å². The van der Waals surface area contributed by atoms with Gasteiger partial charge in [-0.05, 0) is 135 Å². The Bertz CT molecular complexity index is 1210. The summed E-state index contributed by atoms with van der Waals surface area (Å²) in [6.07, 6.45) is 14.5. The summed E-state index contributed by atoms with van der Waals surface area (Å²) in [5.74, 6) is 2.46. The Morgan fingerprint density at radius 1 is 0.444 bits per heavy atom. The SMILES string of the molecule is C.C.C.C.CC.CC.CC.CCCc1ccc(OC(=O)C2CCC(Cc3ccc(CC4CCC(C(=O)Oc5ccc(CCC)cc5)CC4)cc3)CC2)cc1. The molecule has 0 radical (unpaired) electrons. The van der Waals surface area contributed by atoms with Crippen LogP contribution >= 0.6 is 0 Å². The van der Waals surface area contributed by atoms with Gasteiger partial charge in [-0.25, -0.2) is 0 Å². The summed E-state index contributed by atoms with van der Waals surface area (Å²) in [7, 11) is 0. The van der Waals surface area contributed by atoms with Gasteiger partial charge in [0.15, 0.2) is 0 Å². The lowest BCUT2D eigenvalue weighted by molar-refractivity contribution is -0.141. The maximum Gasteiger partial charge on any atom is 0.314 e. The Morgan fingerprint density at radius 3 is 0.963 bits per heavy atom. The first-order valence-corrected chi connectivity index (χ1v) is 20.2. The summed E-state index contributed by atoms with van der Waals surface area (Å²) in [6.45, 7) is 16.3. The molecule has 0 saturated heterocycles. The Morgan fingerprint density at radius 2 is 0.704 bits per heavy atom. The summed E-state index contributed by atoms with van der Waals surface area (Å²) in [6, 6.07) is 25.1. The van der Waals surface area contributed by atoms with Crippen LogP contribution in [0.5, 0.6) is 11.5 Å². The second-order valence-corrected chi connectivity index (χ2v) is 13.3. The number of hydrogen-bond acceptors (Lipinski definition) is 4. The standard InChI is InChI=1S/C40H50O4.3C2H6.4CH4/c1-3-5-29-15-23-37(24-16-29)43-39(41)35-19-11-33(12-20-35)27-31-7-9-32(10-8-31)28-34-13-21-36(22-14-34)40(42)44-38-25-17-30(6-4-2)18-26-38;3*1-2;;;;/h7-10,15-18,23-26,33-36H,3-6,11-14,19-22,27-28H2,1-2H3;3*1-2H3;4*1H4. The molecule has 2 saturated carbocycles. The molecule has 2 aliphatic rings. The van der Waals surface area contributed by atoms with Crippen molar-refractivity contribution in [3.63, 3.8) is 0 Å². The highest BCUT2D eigenvalue weighted by Gasteiger charge is 2.29. The smallest absolute Gasteiger partial charge is 0.314 e. The highest BCUT2D eigenvalue weighted by atomic mass is 16.5. The number of benzene rings is 3. The monoisotopic (exact) mass is 749 g/mol. The average molecular weight is 749 g/mol. The molecule has 0 N–H and O–H groups in total. The zero-order chi connectivity index (χ0) is 36.7. The van der Waals surface area contributed by atoms with E-state index in [-0.39, 0.29) is 53.5 Å². The fourth-order valence-electron chi connectivity index (χ4n) is 7.11. The van der Waals surface area contributed by atoms with Gasteiger partial charge in [-0.2, -0.15) is 0 Å². The van der Waals surface area contributed by atoms with Crippen molar-refractivity contribution in [2.75, 3.05) is 0 Å². The molecule has 4 nitrogen and oxygen atoms in total. The molecule has 3 aromatic carbocycles. The molecule has 0 spiro atoms. The second-order valence-electron chi connectivity index (χ2n) is 13.3. The molecule has 308 valence electrons. The van der Waals surface area contributed by atoms with Crippen molar-refractivity contribution in [2.45, 2.75) is 175 Å². The third kappa shape index (κ3) is 18.8. The minimum atomic E-state index is -0.0703. The molecule has 5 rings (SSSR count). The van der Waals surface area contributed by atoms with Gasteiger partial charge in [-0.15, -0.1) is 0 Å². The van der Waals surface area contributed by atoms with Gasteiger partial charge in [0.05, 0.1) is 11.8 Å². The van der Waals surface area contributed by atoms with E-state index in [1.165, 1.54) is 22.3 Å². The highest BCUT2D eigenvalue weighted by molar-refractivity contribution is 5.75. The van der Waals surface area contributed by atoms with E-state index in [9.17, 15) is 9.59 Å². The molecule has 0 aromatic heterocycles. The van der Waals surface area contributed by atoms with Crippen LogP contribution < -0.4 is 9.47 Å². The maximum absolute atomic E-state index is 12.8. The van der Waals surface area contributed by atoms with Crippen molar-refractivity contribution in [3.8, 4) is 11.5 Å². The Labute approximate surface area is 335 Å². The molecule has 0 heterocycles. The molecule has 0 bridgehead atoms. The summed E-state index contributed by atoms with van der Waals surface area (Å²) in [5, 5.41) is 0. The predicted molar refractivity (Wildman–Crippen MR) is 238 cm³/mol. The van der Waals surface area contributed by atoms with Gasteiger partial charge in [0.25, 0.3) is 0 Å². The fraction of sp³-hybridized carbons (Fsp3) is 0.600. The van der Waals surface area contributed by atoms with Crippen molar-refractivity contribution in [2.24, 2.45) is 23.7 Å². The second kappa shape index (κ2) is 31.9. The van der Waals surface area contributed by atoms with Crippen LogP contribution in [0.1, 0.15) is 172 Å². The van der Waals surface area contributed by atoms with E-state index in [1.54, 1.807) is 0 Å². The van der Waals surface area contributed by atoms with Gasteiger partial charge in [0, 0.05) is 0 Å². The summed E-state index contributed by atoms with van der Waals surface area (Å²) in [4.78, 5) is 25.5. The summed E-state index contributed by atoms with van der Waals surface area (Å²) < 4.78 is 11.4. The van der Waals surface area contributed by atoms with Gasteiger partial charge < -0.3 is 9.47 Å². The molecule has 0 amide bonds. The lowest BCUT2D eigenvalue weighted by Gasteiger charge is -2.28.